The standard InChI is InChI=1S/C23H19ClN6O3S2/c1-3-20-29-19(12-34-20)30-22(31)28-18(13-35(25,32)33)14-6-7-15(17(24)11-14)16-5-4-10-27-21(16)23(26-2)8-9-23/h1,4-7,10-12,18H,8-9,13H2,(H2,25,32,33)(H2,28,30,31)/t18-/m0/s1. The normalized spacial score (nSPS) is 14.9. The number of carbonyl (C=O) groups is 1. The van der Waals surface area contributed by atoms with Gasteiger partial charge < -0.3 is 10.2 Å². The SMILES string of the molecule is [C-]#[N+]C1(c2ncccc2-c2ccc([C@H](CS(N)(=O)=O)NC(=O)Nc3csc(C#C)n3)cc2Cl)CC1. The summed E-state index contributed by atoms with van der Waals surface area (Å²) in [6.45, 7) is 7.57. The number of halogens is 1. The van der Waals surface area contributed by atoms with E-state index < -0.39 is 33.4 Å². The number of hydrogen-bond donors (Lipinski definition) is 3. The number of primary sulfonamides is 1. The number of hydrogen-bond acceptors (Lipinski definition) is 6. The highest BCUT2D eigenvalue weighted by Crippen LogP contribution is 2.52. The fraction of sp³-hybridized carbons (Fsp3) is 0.217. The molecule has 1 aliphatic rings. The van der Waals surface area contributed by atoms with Gasteiger partial charge in [0.1, 0.15) is 11.5 Å². The van der Waals surface area contributed by atoms with Crippen molar-refractivity contribution in [1.29, 1.82) is 0 Å². The van der Waals surface area contributed by atoms with Crippen molar-refractivity contribution >= 4 is 44.8 Å². The quantitative estimate of drug-likeness (QED) is 0.317. The largest absolute Gasteiger partial charge is 0.330 e. The second-order valence-electron chi connectivity index (χ2n) is 7.95. The Balaban J connectivity index is 1.62. The smallest absolute Gasteiger partial charge is 0.320 e. The van der Waals surface area contributed by atoms with Crippen molar-refractivity contribution < 1.29 is 13.2 Å². The zero-order valence-corrected chi connectivity index (χ0v) is 20.5. The van der Waals surface area contributed by atoms with E-state index in [9.17, 15) is 13.2 Å². The molecule has 2 heterocycles. The van der Waals surface area contributed by atoms with Gasteiger partial charge in [0.25, 0.3) is 5.54 Å². The number of nitrogens with one attached hydrogen (secondary N) is 2. The summed E-state index contributed by atoms with van der Waals surface area (Å²) in [5, 5.41) is 12.7. The number of carbonyl (C=O) groups excluding carboxylic acids is 1. The molecule has 0 spiro atoms. The van der Waals surface area contributed by atoms with Crippen LogP contribution in [0.25, 0.3) is 16.0 Å². The Morgan fingerprint density at radius 1 is 1.37 bits per heavy atom. The topological polar surface area (TPSA) is 131 Å². The Labute approximate surface area is 211 Å². The van der Waals surface area contributed by atoms with Crippen LogP contribution in [0.2, 0.25) is 5.02 Å². The van der Waals surface area contributed by atoms with Crippen molar-refractivity contribution in [2.75, 3.05) is 11.1 Å². The maximum atomic E-state index is 12.5. The van der Waals surface area contributed by atoms with Crippen LogP contribution in [0, 0.1) is 18.9 Å². The summed E-state index contributed by atoms with van der Waals surface area (Å²) in [7, 11) is -3.96. The minimum absolute atomic E-state index is 0.237. The van der Waals surface area contributed by atoms with Crippen LogP contribution in [0.4, 0.5) is 10.6 Å². The first-order valence-corrected chi connectivity index (χ1v) is 13.3. The minimum atomic E-state index is -3.96. The van der Waals surface area contributed by atoms with Gasteiger partial charge in [0.05, 0.1) is 11.8 Å². The van der Waals surface area contributed by atoms with E-state index in [0.717, 1.165) is 18.4 Å². The molecule has 4 rings (SSSR count). The number of pyridine rings is 1. The van der Waals surface area contributed by atoms with E-state index >= 15 is 0 Å². The van der Waals surface area contributed by atoms with Crippen molar-refractivity contribution in [3.63, 3.8) is 0 Å². The molecule has 9 nitrogen and oxygen atoms in total. The minimum Gasteiger partial charge on any atom is -0.330 e. The molecule has 2 amide bonds. The van der Waals surface area contributed by atoms with E-state index in [2.05, 4.69) is 31.4 Å². The molecular formula is C23H19ClN6O3S2. The number of urea groups is 1. The highest BCUT2D eigenvalue weighted by atomic mass is 35.5. The molecule has 1 aromatic carbocycles. The zero-order chi connectivity index (χ0) is 25.2. The van der Waals surface area contributed by atoms with Crippen LogP contribution >= 0.6 is 22.9 Å². The maximum absolute atomic E-state index is 12.5. The van der Waals surface area contributed by atoms with E-state index in [1.54, 1.807) is 35.8 Å². The Morgan fingerprint density at radius 3 is 2.74 bits per heavy atom. The van der Waals surface area contributed by atoms with Crippen LogP contribution < -0.4 is 15.8 Å². The molecule has 3 aromatic rings. The number of anilines is 1. The van der Waals surface area contributed by atoms with Crippen molar-refractivity contribution in [1.82, 2.24) is 15.3 Å². The lowest BCUT2D eigenvalue weighted by atomic mass is 9.96. The van der Waals surface area contributed by atoms with Crippen molar-refractivity contribution in [3.8, 4) is 23.5 Å². The zero-order valence-electron chi connectivity index (χ0n) is 18.2. The molecule has 2 aromatic heterocycles. The average Bonchev–Trinajstić information content (AvgIpc) is 3.49. The number of amides is 2. The van der Waals surface area contributed by atoms with E-state index in [1.165, 1.54) is 11.3 Å². The number of rotatable bonds is 7. The van der Waals surface area contributed by atoms with Gasteiger partial charge in [-0.05, 0) is 23.6 Å². The third-order valence-electron chi connectivity index (χ3n) is 5.45. The van der Waals surface area contributed by atoms with Gasteiger partial charge in [-0.3, -0.25) is 10.3 Å². The third-order valence-corrected chi connectivity index (χ3v) is 7.33. The van der Waals surface area contributed by atoms with Gasteiger partial charge in [-0.25, -0.2) is 29.9 Å². The number of nitrogens with two attached hydrogens (primary N) is 1. The second-order valence-corrected chi connectivity index (χ2v) is 10.9. The van der Waals surface area contributed by atoms with Gasteiger partial charge in [0, 0.05) is 40.6 Å². The molecule has 1 atom stereocenters. The van der Waals surface area contributed by atoms with Gasteiger partial charge in [-0.1, -0.05) is 29.8 Å². The molecule has 35 heavy (non-hydrogen) atoms. The lowest BCUT2D eigenvalue weighted by molar-refractivity contribution is 0.249. The summed E-state index contributed by atoms with van der Waals surface area (Å²) in [5.41, 5.74) is 1.85. The monoisotopic (exact) mass is 526 g/mol. The third kappa shape index (κ3) is 5.61. The first kappa shape index (κ1) is 24.6. The Morgan fingerprint density at radius 2 is 2.14 bits per heavy atom. The first-order chi connectivity index (χ1) is 16.6. The van der Waals surface area contributed by atoms with Crippen LogP contribution in [0.5, 0.6) is 0 Å². The predicted molar refractivity (Wildman–Crippen MR) is 135 cm³/mol. The van der Waals surface area contributed by atoms with E-state index in [1.807, 2.05) is 6.07 Å². The fourth-order valence-corrected chi connectivity index (χ4v) is 5.23. The van der Waals surface area contributed by atoms with Crippen LogP contribution in [-0.4, -0.2) is 30.2 Å². The van der Waals surface area contributed by atoms with Crippen LogP contribution in [0.1, 0.15) is 35.1 Å². The van der Waals surface area contributed by atoms with E-state index in [-0.39, 0.29) is 5.82 Å². The molecule has 0 unspecified atom stereocenters. The summed E-state index contributed by atoms with van der Waals surface area (Å²) in [6.07, 6.45) is 8.40. The predicted octanol–water partition coefficient (Wildman–Crippen LogP) is 3.90. The molecule has 1 aliphatic carbocycles. The van der Waals surface area contributed by atoms with Crippen LogP contribution in [0.3, 0.4) is 0 Å². The molecule has 0 bridgehead atoms. The summed E-state index contributed by atoms with van der Waals surface area (Å²) < 4.78 is 23.7. The summed E-state index contributed by atoms with van der Waals surface area (Å²) in [4.78, 5) is 24.8. The molecule has 0 aliphatic heterocycles. The van der Waals surface area contributed by atoms with Gasteiger partial charge in [0.2, 0.25) is 10.0 Å². The number of aromatic nitrogens is 2. The summed E-state index contributed by atoms with van der Waals surface area (Å²) in [5.74, 6) is 2.05. The summed E-state index contributed by atoms with van der Waals surface area (Å²) >= 11 is 7.79. The molecule has 0 saturated heterocycles. The lowest BCUT2D eigenvalue weighted by Gasteiger charge is -2.20. The average molecular weight is 527 g/mol. The highest BCUT2D eigenvalue weighted by Gasteiger charge is 2.55. The number of terminal acetylenes is 1. The first-order valence-electron chi connectivity index (χ1n) is 10.3. The van der Waals surface area contributed by atoms with Crippen molar-refractivity contribution in [2.45, 2.75) is 24.4 Å². The van der Waals surface area contributed by atoms with Gasteiger partial charge in [0.15, 0.2) is 5.01 Å². The van der Waals surface area contributed by atoms with Crippen molar-refractivity contribution in [2.24, 2.45) is 5.14 Å². The van der Waals surface area contributed by atoms with Gasteiger partial charge in [-0.15, -0.1) is 17.8 Å². The molecular weight excluding hydrogens is 508 g/mol. The van der Waals surface area contributed by atoms with Crippen molar-refractivity contribution in [3.05, 3.63) is 74.6 Å². The molecule has 12 heteroatoms. The Bertz CT molecular complexity index is 1490. The van der Waals surface area contributed by atoms with Crippen LogP contribution in [-0.2, 0) is 15.6 Å². The second kappa shape index (κ2) is 9.64. The maximum Gasteiger partial charge on any atom is 0.320 e. The van der Waals surface area contributed by atoms with E-state index in [0.29, 0.717) is 26.9 Å². The van der Waals surface area contributed by atoms with Crippen LogP contribution in [0.15, 0.2) is 41.9 Å². The lowest BCUT2D eigenvalue weighted by Crippen LogP contribution is -2.37. The van der Waals surface area contributed by atoms with E-state index in [4.69, 9.17) is 29.7 Å². The Kier molecular flexibility index (Phi) is 6.79. The summed E-state index contributed by atoms with van der Waals surface area (Å²) in [6, 6.07) is 6.88. The number of sulfonamides is 1. The number of thiazole rings is 1. The Hall–Kier alpha value is -3.48. The number of benzene rings is 1. The molecule has 1 saturated carbocycles. The molecule has 1 fully saturated rings. The highest BCUT2D eigenvalue weighted by molar-refractivity contribution is 7.89. The van der Waals surface area contributed by atoms with Gasteiger partial charge in [-0.2, -0.15) is 0 Å². The fourth-order valence-electron chi connectivity index (χ4n) is 3.64. The number of nitrogens with zero attached hydrogens (tertiary/aromatic N) is 3. The molecule has 0 radical (unpaired) electrons. The molecule has 4 N–H and O–H groups in total. The molecule has 178 valence electrons. The van der Waals surface area contributed by atoms with Gasteiger partial charge >= 0.3 is 6.03 Å².